The maximum Gasteiger partial charge on any atom is 0.257 e. The molecule has 10 heteroatoms. The van der Waals surface area contributed by atoms with Crippen LogP contribution in [0.5, 0.6) is 0 Å². The van der Waals surface area contributed by atoms with Gasteiger partial charge < -0.3 is 10.6 Å². The van der Waals surface area contributed by atoms with E-state index in [0.717, 1.165) is 5.56 Å². The molecular weight excluding hydrogens is 621 g/mol. The van der Waals surface area contributed by atoms with E-state index in [-0.39, 0.29) is 22.4 Å². The Kier molecular flexibility index (Phi) is 7.08. The fourth-order valence-electron chi connectivity index (χ4n) is 3.55. The molecule has 0 spiro atoms. The number of rotatable bonds is 5. The highest BCUT2D eigenvalue weighted by Crippen LogP contribution is 2.67. The van der Waals surface area contributed by atoms with Crippen molar-refractivity contribution in [1.82, 2.24) is 0 Å². The zero-order chi connectivity index (χ0) is 23.9. The summed E-state index contributed by atoms with van der Waals surface area (Å²) in [6.45, 7) is 0. The smallest absolute Gasteiger partial charge is 0.257 e. The topological polar surface area (TPSA) is 58.2 Å². The van der Waals surface area contributed by atoms with Crippen LogP contribution < -0.4 is 10.6 Å². The second-order valence-corrected chi connectivity index (χ2v) is 12.4. The first-order valence-corrected chi connectivity index (χ1v) is 12.3. The highest BCUT2D eigenvalue weighted by Gasteiger charge is 2.66. The molecular formula is C23H14Br2Cl3FN2O2. The molecule has 33 heavy (non-hydrogen) atoms. The van der Waals surface area contributed by atoms with Crippen molar-refractivity contribution in [2.24, 2.45) is 5.92 Å². The molecule has 2 atom stereocenters. The van der Waals surface area contributed by atoms with Crippen LogP contribution in [0.4, 0.5) is 15.8 Å². The molecule has 1 aliphatic rings. The van der Waals surface area contributed by atoms with Gasteiger partial charge in [-0.1, -0.05) is 66.7 Å². The van der Waals surface area contributed by atoms with E-state index in [4.69, 9.17) is 34.8 Å². The van der Waals surface area contributed by atoms with E-state index in [1.807, 2.05) is 0 Å². The Morgan fingerprint density at radius 1 is 0.848 bits per heavy atom. The molecule has 4 rings (SSSR count). The molecule has 2 N–H and O–H groups in total. The Hall–Kier alpha value is -1.64. The average molecular weight is 636 g/mol. The molecule has 3 aromatic rings. The first kappa shape index (κ1) is 24.5. The lowest BCUT2D eigenvalue weighted by Gasteiger charge is -2.10. The third kappa shape index (κ3) is 5.38. The number of nitrogens with one attached hydrogen (secondary N) is 2. The molecule has 0 radical (unpaired) electrons. The minimum Gasteiger partial charge on any atom is -0.326 e. The molecule has 1 aliphatic carbocycles. The molecule has 0 heterocycles. The Labute approximate surface area is 221 Å². The minimum atomic E-state index is -0.659. The van der Waals surface area contributed by atoms with Crippen LogP contribution in [0.2, 0.25) is 15.1 Å². The monoisotopic (exact) mass is 632 g/mol. The molecule has 3 aromatic carbocycles. The second kappa shape index (κ2) is 9.55. The number of benzene rings is 3. The number of hydrogen-bond donors (Lipinski definition) is 2. The molecule has 170 valence electrons. The van der Waals surface area contributed by atoms with Crippen LogP contribution in [0.15, 0.2) is 60.7 Å². The van der Waals surface area contributed by atoms with Crippen molar-refractivity contribution in [2.75, 3.05) is 10.6 Å². The Morgan fingerprint density at radius 3 is 2.09 bits per heavy atom. The summed E-state index contributed by atoms with van der Waals surface area (Å²) < 4.78 is 12.4. The van der Waals surface area contributed by atoms with Crippen molar-refractivity contribution in [2.45, 2.75) is 9.15 Å². The van der Waals surface area contributed by atoms with Gasteiger partial charge in [-0.15, -0.1) is 0 Å². The van der Waals surface area contributed by atoms with Crippen LogP contribution >= 0.6 is 66.7 Å². The highest BCUT2D eigenvalue weighted by molar-refractivity contribution is 9.25. The number of carbonyl (C=O) groups is 2. The van der Waals surface area contributed by atoms with E-state index in [2.05, 4.69) is 42.5 Å². The van der Waals surface area contributed by atoms with E-state index in [1.165, 1.54) is 36.4 Å². The lowest BCUT2D eigenvalue weighted by Crippen LogP contribution is -2.18. The van der Waals surface area contributed by atoms with Gasteiger partial charge in [-0.25, -0.2) is 4.39 Å². The van der Waals surface area contributed by atoms with Crippen molar-refractivity contribution < 1.29 is 14.0 Å². The van der Waals surface area contributed by atoms with Crippen LogP contribution in [0.1, 0.15) is 21.8 Å². The zero-order valence-corrected chi connectivity index (χ0v) is 22.0. The molecule has 1 saturated carbocycles. The van der Waals surface area contributed by atoms with E-state index in [9.17, 15) is 14.0 Å². The van der Waals surface area contributed by atoms with Gasteiger partial charge >= 0.3 is 0 Å². The van der Waals surface area contributed by atoms with Gasteiger partial charge in [0.25, 0.3) is 5.91 Å². The summed E-state index contributed by atoms with van der Waals surface area (Å²) in [6.07, 6.45) is 0. The van der Waals surface area contributed by atoms with Crippen LogP contribution in [-0.2, 0) is 4.79 Å². The summed E-state index contributed by atoms with van der Waals surface area (Å²) >= 11 is 25.6. The molecule has 4 nitrogen and oxygen atoms in total. The average Bonchev–Trinajstić information content (AvgIpc) is 3.32. The van der Waals surface area contributed by atoms with Crippen molar-refractivity contribution in [1.29, 1.82) is 0 Å². The van der Waals surface area contributed by atoms with Gasteiger partial charge in [0.2, 0.25) is 5.91 Å². The van der Waals surface area contributed by atoms with E-state index >= 15 is 0 Å². The summed E-state index contributed by atoms with van der Waals surface area (Å²) in [6, 6.07) is 15.1. The van der Waals surface area contributed by atoms with Crippen LogP contribution in [0, 0.1) is 11.7 Å². The second-order valence-electron chi connectivity index (χ2n) is 7.48. The largest absolute Gasteiger partial charge is 0.326 e. The fraction of sp³-hybridized carbons (Fsp3) is 0.130. The molecule has 0 aliphatic heterocycles. The number of anilines is 2. The van der Waals surface area contributed by atoms with E-state index in [0.29, 0.717) is 21.4 Å². The first-order valence-electron chi connectivity index (χ1n) is 9.57. The predicted octanol–water partition coefficient (Wildman–Crippen LogP) is 7.88. The van der Waals surface area contributed by atoms with Gasteiger partial charge in [-0.3, -0.25) is 9.59 Å². The Bertz CT molecular complexity index is 1230. The van der Waals surface area contributed by atoms with E-state index < -0.39 is 20.9 Å². The van der Waals surface area contributed by atoms with Crippen molar-refractivity contribution in [3.8, 4) is 0 Å². The summed E-state index contributed by atoms with van der Waals surface area (Å²) in [5, 5.41) is 6.65. The SMILES string of the molecule is O=C(Nc1ccc(F)cc1)c1cc(NC(=O)C2C(c3cc(Cl)cc(Cl)c3)C2(Br)Br)ccc1Cl. The Balaban J connectivity index is 1.50. The van der Waals surface area contributed by atoms with Gasteiger partial charge in [0.15, 0.2) is 0 Å². The van der Waals surface area contributed by atoms with Gasteiger partial charge in [-0.05, 0) is 66.2 Å². The molecule has 1 fully saturated rings. The summed E-state index contributed by atoms with van der Waals surface area (Å²) in [5.41, 5.74) is 1.80. The van der Waals surface area contributed by atoms with Gasteiger partial charge in [-0.2, -0.15) is 0 Å². The van der Waals surface area contributed by atoms with Gasteiger partial charge in [0.05, 0.1) is 16.5 Å². The van der Waals surface area contributed by atoms with Crippen LogP contribution in [0.3, 0.4) is 0 Å². The van der Waals surface area contributed by atoms with Gasteiger partial charge in [0.1, 0.15) is 9.05 Å². The molecule has 0 bridgehead atoms. The quantitative estimate of drug-likeness (QED) is 0.281. The van der Waals surface area contributed by atoms with Crippen molar-refractivity contribution in [3.05, 3.63) is 92.7 Å². The van der Waals surface area contributed by atoms with Crippen molar-refractivity contribution >= 4 is 89.9 Å². The maximum atomic E-state index is 13.1. The standard InChI is InChI=1S/C23H14Br2Cl3FN2O2/c24-23(25)19(11-7-12(26)9-13(27)8-11)20(23)22(33)31-16-5-6-18(28)17(10-16)21(32)30-15-3-1-14(29)2-4-15/h1-10,19-20H,(H,30,32)(H,31,33). The fourth-order valence-corrected chi connectivity index (χ4v) is 6.03. The molecule has 2 unspecified atom stereocenters. The summed E-state index contributed by atoms with van der Waals surface area (Å²) in [7, 11) is 0. The first-order chi connectivity index (χ1) is 15.6. The lowest BCUT2D eigenvalue weighted by molar-refractivity contribution is -0.117. The molecule has 0 aromatic heterocycles. The third-order valence-electron chi connectivity index (χ3n) is 5.16. The number of halogens is 6. The van der Waals surface area contributed by atoms with Gasteiger partial charge in [0, 0.05) is 27.3 Å². The number of amides is 2. The summed E-state index contributed by atoms with van der Waals surface area (Å²) in [5.74, 6) is -1.83. The third-order valence-corrected chi connectivity index (χ3v) is 7.90. The molecule has 2 amide bonds. The maximum absolute atomic E-state index is 13.1. The highest BCUT2D eigenvalue weighted by atomic mass is 79.9. The van der Waals surface area contributed by atoms with Crippen LogP contribution in [-0.4, -0.2) is 15.0 Å². The Morgan fingerprint density at radius 2 is 1.45 bits per heavy atom. The summed E-state index contributed by atoms with van der Waals surface area (Å²) in [4.78, 5) is 25.7. The minimum absolute atomic E-state index is 0.164. The number of hydrogen-bond acceptors (Lipinski definition) is 2. The number of carbonyl (C=O) groups excluding carboxylic acids is 2. The van der Waals surface area contributed by atoms with Crippen LogP contribution in [0.25, 0.3) is 0 Å². The lowest BCUT2D eigenvalue weighted by atomic mass is 10.1. The zero-order valence-electron chi connectivity index (χ0n) is 16.5. The number of alkyl halides is 2. The van der Waals surface area contributed by atoms with Crippen molar-refractivity contribution in [3.63, 3.8) is 0 Å². The predicted molar refractivity (Wildman–Crippen MR) is 138 cm³/mol. The molecule has 0 saturated heterocycles. The van der Waals surface area contributed by atoms with E-state index in [1.54, 1.807) is 24.3 Å². The normalized spacial score (nSPS) is 18.5.